The molecule has 0 spiro atoms. The Bertz CT molecular complexity index is 647. The molecule has 0 atom stereocenters. The number of nitrogens with zero attached hydrogens (tertiary/aromatic N) is 2. The van der Waals surface area contributed by atoms with E-state index in [9.17, 15) is 22.8 Å². The second kappa shape index (κ2) is 8.03. The molecule has 2 N–H and O–H groups in total. The van der Waals surface area contributed by atoms with E-state index in [1.165, 1.54) is 11.0 Å². The Hall–Kier alpha value is -1.84. The molecular formula is C15H17ClF3N3O3. The fraction of sp³-hybridized carbons (Fsp3) is 0.467. The van der Waals surface area contributed by atoms with Gasteiger partial charge in [-0.05, 0) is 18.2 Å². The molecule has 1 heterocycles. The van der Waals surface area contributed by atoms with E-state index in [-0.39, 0.29) is 12.3 Å². The first-order chi connectivity index (χ1) is 11.7. The minimum atomic E-state index is -4.66. The summed E-state index contributed by atoms with van der Waals surface area (Å²) in [5, 5.41) is 10.6. The lowest BCUT2D eigenvalue weighted by molar-refractivity contribution is -0.144. The highest BCUT2D eigenvalue weighted by Crippen LogP contribution is 2.36. The largest absolute Gasteiger partial charge is 0.417 e. The monoisotopic (exact) mass is 379 g/mol. The standard InChI is InChI=1S/C15H17ClF3N3O3/c16-12-2-1-10(9-11(12)15(17,18)19)20-13(24)14(25)22-5-3-21(4-6-22)7-8-23/h1-2,9,23H,3-8H2,(H,20,24). The Balaban J connectivity index is 1.99. The van der Waals surface area contributed by atoms with E-state index in [4.69, 9.17) is 16.7 Å². The average Bonchev–Trinajstić information content (AvgIpc) is 2.56. The first-order valence-corrected chi connectivity index (χ1v) is 7.90. The van der Waals surface area contributed by atoms with E-state index in [0.717, 1.165) is 6.07 Å². The molecule has 1 fully saturated rings. The van der Waals surface area contributed by atoms with Crippen molar-refractivity contribution in [3.05, 3.63) is 28.8 Å². The summed E-state index contributed by atoms with van der Waals surface area (Å²) in [5.41, 5.74) is -1.24. The van der Waals surface area contributed by atoms with Crippen LogP contribution in [0, 0.1) is 0 Å². The first kappa shape index (κ1) is 19.5. The van der Waals surface area contributed by atoms with Crippen molar-refractivity contribution >= 4 is 29.1 Å². The molecule has 2 amide bonds. The van der Waals surface area contributed by atoms with Crippen molar-refractivity contribution in [3.8, 4) is 0 Å². The van der Waals surface area contributed by atoms with Crippen LogP contribution in [0.2, 0.25) is 5.02 Å². The number of carbonyl (C=O) groups is 2. The molecule has 0 unspecified atom stereocenters. The van der Waals surface area contributed by atoms with Crippen LogP contribution in [0.3, 0.4) is 0 Å². The zero-order chi connectivity index (χ0) is 18.6. The SMILES string of the molecule is O=C(Nc1ccc(Cl)c(C(F)(F)F)c1)C(=O)N1CCN(CCO)CC1. The van der Waals surface area contributed by atoms with Crippen LogP contribution in [0.5, 0.6) is 0 Å². The minimum absolute atomic E-state index is 0.00649. The van der Waals surface area contributed by atoms with Crippen LogP contribution in [0.15, 0.2) is 18.2 Å². The third-order valence-electron chi connectivity index (χ3n) is 3.80. The molecular weight excluding hydrogens is 363 g/mol. The second-order valence-corrected chi connectivity index (χ2v) is 5.91. The number of rotatable bonds is 3. The predicted molar refractivity (Wildman–Crippen MR) is 85.2 cm³/mol. The van der Waals surface area contributed by atoms with Crippen LogP contribution in [0.4, 0.5) is 18.9 Å². The molecule has 0 aromatic heterocycles. The molecule has 0 saturated carbocycles. The number of anilines is 1. The number of aliphatic hydroxyl groups excluding tert-OH is 1. The third-order valence-corrected chi connectivity index (χ3v) is 4.13. The van der Waals surface area contributed by atoms with Gasteiger partial charge in [0.1, 0.15) is 0 Å². The molecule has 0 aliphatic carbocycles. The van der Waals surface area contributed by atoms with Gasteiger partial charge in [0.15, 0.2) is 0 Å². The van der Waals surface area contributed by atoms with Crippen LogP contribution in [0.25, 0.3) is 0 Å². The number of carbonyl (C=O) groups excluding carboxylic acids is 2. The highest BCUT2D eigenvalue weighted by atomic mass is 35.5. The molecule has 1 aliphatic heterocycles. The zero-order valence-corrected chi connectivity index (χ0v) is 13.9. The van der Waals surface area contributed by atoms with Gasteiger partial charge in [0.05, 0.1) is 17.2 Å². The van der Waals surface area contributed by atoms with Crippen LogP contribution in [0.1, 0.15) is 5.56 Å². The first-order valence-electron chi connectivity index (χ1n) is 7.52. The summed E-state index contributed by atoms with van der Waals surface area (Å²) >= 11 is 5.51. The summed E-state index contributed by atoms with van der Waals surface area (Å²) in [6.07, 6.45) is -4.66. The normalized spacial score (nSPS) is 16.0. The van der Waals surface area contributed by atoms with Crippen molar-refractivity contribution in [2.75, 3.05) is 44.6 Å². The number of hydrogen-bond acceptors (Lipinski definition) is 4. The van der Waals surface area contributed by atoms with E-state index in [0.29, 0.717) is 38.8 Å². The summed E-state index contributed by atoms with van der Waals surface area (Å²) in [5.74, 6) is -1.82. The highest BCUT2D eigenvalue weighted by Gasteiger charge is 2.34. The van der Waals surface area contributed by atoms with Gasteiger partial charge in [-0.25, -0.2) is 0 Å². The van der Waals surface area contributed by atoms with E-state index in [2.05, 4.69) is 5.32 Å². The number of amides is 2. The van der Waals surface area contributed by atoms with Gasteiger partial charge < -0.3 is 15.3 Å². The van der Waals surface area contributed by atoms with Gasteiger partial charge >= 0.3 is 18.0 Å². The number of halogens is 4. The fourth-order valence-corrected chi connectivity index (χ4v) is 2.69. The van der Waals surface area contributed by atoms with E-state index < -0.39 is 28.6 Å². The van der Waals surface area contributed by atoms with E-state index >= 15 is 0 Å². The Morgan fingerprint density at radius 1 is 1.20 bits per heavy atom. The molecule has 6 nitrogen and oxygen atoms in total. The van der Waals surface area contributed by atoms with Gasteiger partial charge in [-0.2, -0.15) is 13.2 Å². The lowest BCUT2D eigenvalue weighted by Crippen LogP contribution is -2.52. The lowest BCUT2D eigenvalue weighted by Gasteiger charge is -2.33. The molecule has 1 saturated heterocycles. The van der Waals surface area contributed by atoms with Crippen LogP contribution in [-0.2, 0) is 15.8 Å². The Kier molecular flexibility index (Phi) is 6.26. The molecule has 138 valence electrons. The summed E-state index contributed by atoms with van der Waals surface area (Å²) in [4.78, 5) is 27.4. The van der Waals surface area contributed by atoms with Crippen molar-refractivity contribution in [3.63, 3.8) is 0 Å². The van der Waals surface area contributed by atoms with Crippen LogP contribution < -0.4 is 5.32 Å². The summed E-state index contributed by atoms with van der Waals surface area (Å²) < 4.78 is 38.5. The number of aliphatic hydroxyl groups is 1. The van der Waals surface area contributed by atoms with Gasteiger partial charge in [-0.15, -0.1) is 0 Å². The smallest absolute Gasteiger partial charge is 0.395 e. The Morgan fingerprint density at radius 3 is 2.40 bits per heavy atom. The van der Waals surface area contributed by atoms with Crippen molar-refractivity contribution in [1.82, 2.24) is 9.80 Å². The maximum atomic E-state index is 12.8. The topological polar surface area (TPSA) is 72.9 Å². The molecule has 10 heteroatoms. The third kappa shape index (κ3) is 5.07. The van der Waals surface area contributed by atoms with Crippen molar-refractivity contribution in [2.24, 2.45) is 0 Å². The summed E-state index contributed by atoms with van der Waals surface area (Å²) in [6, 6.07) is 2.90. The summed E-state index contributed by atoms with van der Waals surface area (Å²) in [7, 11) is 0. The van der Waals surface area contributed by atoms with Crippen molar-refractivity contribution in [1.29, 1.82) is 0 Å². The molecule has 1 aromatic rings. The maximum Gasteiger partial charge on any atom is 0.417 e. The lowest BCUT2D eigenvalue weighted by atomic mass is 10.2. The maximum absolute atomic E-state index is 12.8. The fourth-order valence-electron chi connectivity index (χ4n) is 2.46. The average molecular weight is 380 g/mol. The quantitative estimate of drug-likeness (QED) is 0.779. The number of piperazine rings is 1. The highest BCUT2D eigenvalue weighted by molar-refractivity contribution is 6.39. The number of alkyl halides is 3. The molecule has 0 bridgehead atoms. The minimum Gasteiger partial charge on any atom is -0.395 e. The molecule has 1 aromatic carbocycles. The van der Waals surface area contributed by atoms with Crippen LogP contribution >= 0.6 is 11.6 Å². The molecule has 0 radical (unpaired) electrons. The van der Waals surface area contributed by atoms with Crippen molar-refractivity contribution in [2.45, 2.75) is 6.18 Å². The predicted octanol–water partition coefficient (Wildman–Crippen LogP) is 1.43. The zero-order valence-electron chi connectivity index (χ0n) is 13.1. The Labute approximate surface area is 147 Å². The number of hydrogen-bond donors (Lipinski definition) is 2. The molecule has 2 rings (SSSR count). The molecule has 1 aliphatic rings. The molecule has 25 heavy (non-hydrogen) atoms. The Morgan fingerprint density at radius 2 is 1.84 bits per heavy atom. The van der Waals surface area contributed by atoms with Gasteiger partial charge in [0, 0.05) is 38.4 Å². The number of β-amino-alcohol motifs (C(OH)–C–C–N with tert-alkyl or cyclic N) is 1. The van der Waals surface area contributed by atoms with Gasteiger partial charge in [-0.3, -0.25) is 14.5 Å². The number of benzene rings is 1. The van der Waals surface area contributed by atoms with Crippen LogP contribution in [-0.4, -0.2) is 66.1 Å². The number of nitrogens with one attached hydrogen (secondary N) is 1. The van der Waals surface area contributed by atoms with E-state index in [1.54, 1.807) is 0 Å². The second-order valence-electron chi connectivity index (χ2n) is 5.50. The van der Waals surface area contributed by atoms with Crippen molar-refractivity contribution < 1.29 is 27.9 Å². The van der Waals surface area contributed by atoms with Gasteiger partial charge in [-0.1, -0.05) is 11.6 Å². The van der Waals surface area contributed by atoms with E-state index in [1.807, 2.05) is 4.90 Å². The van der Waals surface area contributed by atoms with Gasteiger partial charge in [0.25, 0.3) is 0 Å². The summed E-state index contributed by atoms with van der Waals surface area (Å²) in [6.45, 7) is 2.13. The van der Waals surface area contributed by atoms with Gasteiger partial charge in [0.2, 0.25) is 0 Å².